The number of H-pyrrole nitrogens is 1. The Labute approximate surface area is 116 Å². The number of halogens is 1. The molecule has 0 saturated heterocycles. The molecule has 1 rings (SSSR count). The number of aromatic nitrogens is 2. The van der Waals surface area contributed by atoms with Gasteiger partial charge in [0.1, 0.15) is 15.0 Å². The maximum atomic E-state index is 12.2. The molecule has 0 aromatic carbocycles. The SMILES string of the molecule is CCCc1c(Cl)[nH]c(=O)n(C(C)CS(C)(=O)=O)c1=O. The van der Waals surface area contributed by atoms with Gasteiger partial charge in [0.25, 0.3) is 5.56 Å². The first-order valence-electron chi connectivity index (χ1n) is 5.88. The fourth-order valence-electron chi connectivity index (χ4n) is 1.94. The molecule has 0 aliphatic heterocycles. The highest BCUT2D eigenvalue weighted by Gasteiger charge is 2.19. The molecule has 0 aliphatic carbocycles. The Kier molecular flexibility index (Phi) is 4.98. The Morgan fingerprint density at radius 1 is 1.37 bits per heavy atom. The Bertz CT molecular complexity index is 675. The molecular formula is C11H17ClN2O4S. The van der Waals surface area contributed by atoms with Crippen LogP contribution in [0.2, 0.25) is 5.15 Å². The second-order valence-electron chi connectivity index (χ2n) is 4.59. The largest absolute Gasteiger partial charge is 0.329 e. The van der Waals surface area contributed by atoms with Crippen molar-refractivity contribution in [2.24, 2.45) is 0 Å². The molecule has 0 amide bonds. The molecule has 19 heavy (non-hydrogen) atoms. The monoisotopic (exact) mass is 308 g/mol. The number of nitrogens with one attached hydrogen (secondary N) is 1. The molecule has 1 aromatic heterocycles. The van der Waals surface area contributed by atoms with Crippen LogP contribution in [0.1, 0.15) is 31.9 Å². The molecule has 0 saturated carbocycles. The van der Waals surface area contributed by atoms with Gasteiger partial charge < -0.3 is 0 Å². The van der Waals surface area contributed by atoms with Crippen molar-refractivity contribution >= 4 is 21.4 Å². The minimum atomic E-state index is -3.29. The Hall–Kier alpha value is -1.08. The van der Waals surface area contributed by atoms with Crippen LogP contribution in [0.4, 0.5) is 0 Å². The van der Waals surface area contributed by atoms with Crippen molar-refractivity contribution in [1.29, 1.82) is 0 Å². The Balaban J connectivity index is 3.40. The van der Waals surface area contributed by atoms with Crippen molar-refractivity contribution in [1.82, 2.24) is 9.55 Å². The minimum Gasteiger partial charge on any atom is -0.297 e. The first-order chi connectivity index (χ1) is 8.67. The van der Waals surface area contributed by atoms with E-state index in [0.717, 1.165) is 10.8 Å². The van der Waals surface area contributed by atoms with E-state index in [1.54, 1.807) is 0 Å². The highest BCUT2D eigenvalue weighted by atomic mass is 35.5. The molecule has 1 atom stereocenters. The second kappa shape index (κ2) is 5.92. The smallest absolute Gasteiger partial charge is 0.297 e. The topological polar surface area (TPSA) is 89.0 Å². The summed E-state index contributed by atoms with van der Waals surface area (Å²) < 4.78 is 23.4. The molecule has 0 aliphatic rings. The van der Waals surface area contributed by atoms with Crippen LogP contribution in [0.25, 0.3) is 0 Å². The lowest BCUT2D eigenvalue weighted by molar-refractivity contribution is 0.525. The van der Waals surface area contributed by atoms with E-state index in [1.165, 1.54) is 6.92 Å². The van der Waals surface area contributed by atoms with Crippen LogP contribution in [-0.2, 0) is 16.3 Å². The van der Waals surface area contributed by atoms with E-state index in [0.29, 0.717) is 18.4 Å². The van der Waals surface area contributed by atoms with Crippen LogP contribution in [0.5, 0.6) is 0 Å². The van der Waals surface area contributed by atoms with Gasteiger partial charge in [-0.15, -0.1) is 0 Å². The van der Waals surface area contributed by atoms with E-state index in [1.807, 2.05) is 6.92 Å². The molecule has 0 fully saturated rings. The number of nitrogens with zero attached hydrogens (tertiary/aromatic N) is 1. The molecule has 1 heterocycles. The van der Waals surface area contributed by atoms with Gasteiger partial charge in [-0.25, -0.2) is 13.2 Å². The van der Waals surface area contributed by atoms with Crippen LogP contribution >= 0.6 is 11.6 Å². The minimum absolute atomic E-state index is 0.0275. The third kappa shape index (κ3) is 3.94. The van der Waals surface area contributed by atoms with Gasteiger partial charge in [-0.05, 0) is 13.3 Å². The van der Waals surface area contributed by atoms with Gasteiger partial charge in [0.05, 0.1) is 17.4 Å². The summed E-state index contributed by atoms with van der Waals surface area (Å²) in [5.41, 5.74) is -0.901. The van der Waals surface area contributed by atoms with Gasteiger partial charge in [0, 0.05) is 6.26 Å². The van der Waals surface area contributed by atoms with Crippen molar-refractivity contribution in [3.8, 4) is 0 Å². The summed E-state index contributed by atoms with van der Waals surface area (Å²) in [5.74, 6) is -0.275. The van der Waals surface area contributed by atoms with Gasteiger partial charge in [0.2, 0.25) is 0 Å². The molecule has 0 spiro atoms. The Morgan fingerprint density at radius 2 is 1.95 bits per heavy atom. The van der Waals surface area contributed by atoms with Gasteiger partial charge in [-0.2, -0.15) is 0 Å². The second-order valence-corrected chi connectivity index (χ2v) is 7.15. The normalized spacial score (nSPS) is 13.5. The van der Waals surface area contributed by atoms with Gasteiger partial charge in [-0.1, -0.05) is 24.9 Å². The van der Waals surface area contributed by atoms with Gasteiger partial charge >= 0.3 is 5.69 Å². The first-order valence-corrected chi connectivity index (χ1v) is 8.32. The molecule has 1 N–H and O–H groups in total. The fourth-order valence-corrected chi connectivity index (χ4v) is 3.22. The Morgan fingerprint density at radius 3 is 2.42 bits per heavy atom. The van der Waals surface area contributed by atoms with Gasteiger partial charge in [0.15, 0.2) is 0 Å². The summed E-state index contributed by atoms with van der Waals surface area (Å²) in [6.45, 7) is 3.40. The third-order valence-corrected chi connectivity index (χ3v) is 4.07. The standard InChI is InChI=1S/C11H17ClN2O4S/c1-4-5-8-9(12)13-11(16)14(10(8)15)7(2)6-19(3,17)18/h7H,4-6H2,1-3H3,(H,13,16). The summed E-state index contributed by atoms with van der Waals surface area (Å²) in [6, 6.07) is -0.737. The molecule has 1 aromatic rings. The van der Waals surface area contributed by atoms with Crippen molar-refractivity contribution < 1.29 is 8.42 Å². The summed E-state index contributed by atoms with van der Waals surface area (Å²) in [7, 11) is -3.29. The van der Waals surface area contributed by atoms with Crippen molar-refractivity contribution in [3.05, 3.63) is 31.6 Å². The highest BCUT2D eigenvalue weighted by Crippen LogP contribution is 2.10. The quantitative estimate of drug-likeness (QED) is 0.813. The van der Waals surface area contributed by atoms with Gasteiger partial charge in [-0.3, -0.25) is 14.3 Å². The maximum Gasteiger partial charge on any atom is 0.329 e. The first kappa shape index (κ1) is 16.0. The highest BCUT2D eigenvalue weighted by molar-refractivity contribution is 7.90. The summed E-state index contributed by atoms with van der Waals surface area (Å²) >= 11 is 5.84. The zero-order valence-corrected chi connectivity index (χ0v) is 12.6. The molecule has 1 unspecified atom stereocenters. The molecule has 0 bridgehead atoms. The van der Waals surface area contributed by atoms with Crippen LogP contribution in [0.15, 0.2) is 9.59 Å². The van der Waals surface area contributed by atoms with E-state index >= 15 is 0 Å². The predicted octanol–water partition coefficient (Wildman–Crippen LogP) is 0.748. The zero-order chi connectivity index (χ0) is 14.8. The van der Waals surface area contributed by atoms with Crippen LogP contribution in [0, 0.1) is 0 Å². The number of rotatable bonds is 5. The number of hydrogen-bond acceptors (Lipinski definition) is 4. The lowest BCUT2D eigenvalue weighted by atomic mass is 10.2. The van der Waals surface area contributed by atoms with E-state index in [-0.39, 0.29) is 10.9 Å². The molecule has 6 nitrogen and oxygen atoms in total. The summed E-state index contributed by atoms with van der Waals surface area (Å²) in [4.78, 5) is 26.3. The number of sulfone groups is 1. The summed E-state index contributed by atoms with van der Waals surface area (Å²) in [6.07, 6.45) is 2.19. The van der Waals surface area contributed by atoms with Crippen molar-refractivity contribution in [2.75, 3.05) is 12.0 Å². The molecule has 108 valence electrons. The lowest BCUT2D eigenvalue weighted by Gasteiger charge is -2.14. The van der Waals surface area contributed by atoms with E-state index < -0.39 is 27.1 Å². The molecule has 8 heteroatoms. The molecule has 0 radical (unpaired) electrons. The number of hydrogen-bond donors (Lipinski definition) is 1. The molecular weight excluding hydrogens is 292 g/mol. The van der Waals surface area contributed by atoms with E-state index in [4.69, 9.17) is 11.6 Å². The third-order valence-electron chi connectivity index (χ3n) is 2.66. The lowest BCUT2D eigenvalue weighted by Crippen LogP contribution is -2.41. The van der Waals surface area contributed by atoms with Crippen molar-refractivity contribution in [3.63, 3.8) is 0 Å². The van der Waals surface area contributed by atoms with E-state index in [2.05, 4.69) is 4.98 Å². The average Bonchev–Trinajstić information content (AvgIpc) is 2.21. The average molecular weight is 309 g/mol. The van der Waals surface area contributed by atoms with Crippen molar-refractivity contribution in [2.45, 2.75) is 32.7 Å². The predicted molar refractivity (Wildman–Crippen MR) is 74.7 cm³/mol. The van der Waals surface area contributed by atoms with Crippen LogP contribution in [-0.4, -0.2) is 30.0 Å². The summed E-state index contributed by atoms with van der Waals surface area (Å²) in [5, 5.41) is 0.0275. The fraction of sp³-hybridized carbons (Fsp3) is 0.636. The maximum absolute atomic E-state index is 12.2. The van der Waals surface area contributed by atoms with Crippen LogP contribution < -0.4 is 11.2 Å². The van der Waals surface area contributed by atoms with E-state index in [9.17, 15) is 18.0 Å². The zero-order valence-electron chi connectivity index (χ0n) is 11.1. The van der Waals surface area contributed by atoms with Crippen LogP contribution in [0.3, 0.4) is 0 Å². The number of aromatic amines is 1.